The molecule has 1 fully saturated rings. The van der Waals surface area contributed by atoms with Gasteiger partial charge in [0.05, 0.1) is 4.92 Å². The van der Waals surface area contributed by atoms with Crippen molar-refractivity contribution in [1.82, 2.24) is 0 Å². The maximum absolute atomic E-state index is 11.0. The van der Waals surface area contributed by atoms with Crippen LogP contribution in [0.1, 0.15) is 38.2 Å². The molecule has 1 aromatic carbocycles. The van der Waals surface area contributed by atoms with Crippen molar-refractivity contribution in [3.05, 3.63) is 33.9 Å². The minimum Gasteiger partial charge on any atom is -0.379 e. The van der Waals surface area contributed by atoms with E-state index in [2.05, 4.69) is 12.2 Å². The molecule has 1 aromatic rings. The molecule has 1 aliphatic rings. The number of nitro groups is 1. The van der Waals surface area contributed by atoms with E-state index in [1.54, 1.807) is 12.1 Å². The molecule has 0 bridgehead atoms. The largest absolute Gasteiger partial charge is 0.379 e. The number of nitro benzene ring substituents is 1. The number of hydrogen-bond donors (Lipinski definition) is 1. The van der Waals surface area contributed by atoms with Crippen molar-refractivity contribution in [2.24, 2.45) is 11.8 Å². The lowest BCUT2D eigenvalue weighted by atomic mass is 9.82. The van der Waals surface area contributed by atoms with Gasteiger partial charge in [0.25, 0.3) is 5.69 Å². The molecule has 0 aromatic heterocycles. The normalized spacial score (nSPS) is 23.1. The summed E-state index contributed by atoms with van der Waals surface area (Å²) < 4.78 is 0. The summed E-state index contributed by atoms with van der Waals surface area (Å²) in [6.07, 6.45) is 5.06. The fourth-order valence-corrected chi connectivity index (χ4v) is 2.95. The van der Waals surface area contributed by atoms with Crippen LogP contribution in [0.25, 0.3) is 0 Å². The Morgan fingerprint density at radius 2 is 2.21 bits per heavy atom. The molecule has 4 nitrogen and oxygen atoms in total. The lowest BCUT2D eigenvalue weighted by Crippen LogP contribution is -2.21. The van der Waals surface area contributed by atoms with Crippen LogP contribution in [0.5, 0.6) is 0 Å². The van der Waals surface area contributed by atoms with Crippen LogP contribution in [0.3, 0.4) is 0 Å². The van der Waals surface area contributed by atoms with Crippen molar-refractivity contribution < 1.29 is 4.92 Å². The van der Waals surface area contributed by atoms with Gasteiger partial charge in [-0.2, -0.15) is 0 Å². The lowest BCUT2D eigenvalue weighted by Gasteiger charge is -2.27. The fraction of sp³-hybridized carbons (Fsp3) is 0.600. The first-order chi connectivity index (χ1) is 9.06. The molecule has 0 amide bonds. The standard InChI is InChI=1S/C15H22N2O2/c1-11-4-3-5-13(8-11)10-16-14-9-12(2)6-7-15(14)17(18)19/h6-7,9,11,13,16H,3-5,8,10H2,1-2H3. The fourth-order valence-electron chi connectivity index (χ4n) is 2.95. The van der Waals surface area contributed by atoms with Crippen molar-refractivity contribution >= 4 is 11.4 Å². The summed E-state index contributed by atoms with van der Waals surface area (Å²) in [5.74, 6) is 1.43. The second-order valence-corrected chi connectivity index (χ2v) is 5.80. The molecule has 2 unspecified atom stereocenters. The summed E-state index contributed by atoms with van der Waals surface area (Å²) in [6, 6.07) is 5.23. The van der Waals surface area contributed by atoms with Crippen LogP contribution >= 0.6 is 0 Å². The first-order valence-electron chi connectivity index (χ1n) is 7.05. The maximum Gasteiger partial charge on any atom is 0.292 e. The highest BCUT2D eigenvalue weighted by Crippen LogP contribution is 2.30. The molecule has 0 heterocycles. The molecule has 0 spiro atoms. The van der Waals surface area contributed by atoms with E-state index in [0.717, 1.165) is 18.0 Å². The predicted molar refractivity (Wildman–Crippen MR) is 77.4 cm³/mol. The summed E-state index contributed by atoms with van der Waals surface area (Å²) >= 11 is 0. The number of rotatable bonds is 4. The lowest BCUT2D eigenvalue weighted by molar-refractivity contribution is -0.384. The highest BCUT2D eigenvalue weighted by Gasteiger charge is 2.20. The van der Waals surface area contributed by atoms with Crippen LogP contribution in [-0.4, -0.2) is 11.5 Å². The van der Waals surface area contributed by atoms with Crippen molar-refractivity contribution in [3.8, 4) is 0 Å². The number of nitrogens with one attached hydrogen (secondary N) is 1. The van der Waals surface area contributed by atoms with Crippen LogP contribution in [0, 0.1) is 28.9 Å². The molecule has 1 aliphatic carbocycles. The molecule has 1 saturated carbocycles. The number of anilines is 1. The summed E-state index contributed by atoms with van der Waals surface area (Å²) in [7, 11) is 0. The number of benzene rings is 1. The van der Waals surface area contributed by atoms with Gasteiger partial charge in [-0.15, -0.1) is 0 Å². The van der Waals surface area contributed by atoms with E-state index < -0.39 is 0 Å². The molecular formula is C15H22N2O2. The SMILES string of the molecule is Cc1ccc([N+](=O)[O-])c(NCC2CCCC(C)C2)c1. The van der Waals surface area contributed by atoms with Crippen molar-refractivity contribution in [2.45, 2.75) is 39.5 Å². The molecule has 19 heavy (non-hydrogen) atoms. The molecule has 104 valence electrons. The monoisotopic (exact) mass is 262 g/mol. The summed E-state index contributed by atoms with van der Waals surface area (Å²) in [5, 5.41) is 14.3. The summed E-state index contributed by atoms with van der Waals surface area (Å²) in [5.41, 5.74) is 1.88. The summed E-state index contributed by atoms with van der Waals surface area (Å²) in [6.45, 7) is 5.09. The average Bonchev–Trinajstić information content (AvgIpc) is 2.36. The van der Waals surface area contributed by atoms with Gasteiger partial charge < -0.3 is 5.32 Å². The molecule has 0 saturated heterocycles. The van der Waals surface area contributed by atoms with Crippen LogP contribution in [0.4, 0.5) is 11.4 Å². The van der Waals surface area contributed by atoms with E-state index in [-0.39, 0.29) is 10.6 Å². The zero-order chi connectivity index (χ0) is 13.8. The molecule has 0 radical (unpaired) electrons. The molecule has 2 atom stereocenters. The Balaban J connectivity index is 2.02. The minimum absolute atomic E-state index is 0.175. The van der Waals surface area contributed by atoms with E-state index in [1.165, 1.54) is 25.7 Å². The molecule has 2 rings (SSSR count). The van der Waals surface area contributed by atoms with Gasteiger partial charge in [-0.05, 0) is 43.2 Å². The van der Waals surface area contributed by atoms with Gasteiger partial charge in [-0.1, -0.05) is 25.8 Å². The van der Waals surface area contributed by atoms with Crippen LogP contribution < -0.4 is 5.32 Å². The Bertz CT molecular complexity index is 459. The Kier molecular flexibility index (Phi) is 4.40. The van der Waals surface area contributed by atoms with Crippen LogP contribution in [0.15, 0.2) is 18.2 Å². The Morgan fingerprint density at radius 3 is 2.89 bits per heavy atom. The Hall–Kier alpha value is -1.58. The van der Waals surface area contributed by atoms with Gasteiger partial charge in [-0.3, -0.25) is 10.1 Å². The zero-order valence-corrected chi connectivity index (χ0v) is 11.7. The molecule has 0 aliphatic heterocycles. The third-order valence-corrected chi connectivity index (χ3v) is 3.97. The number of nitrogens with zero attached hydrogens (tertiary/aromatic N) is 1. The highest BCUT2D eigenvalue weighted by atomic mass is 16.6. The molecule has 1 N–H and O–H groups in total. The third-order valence-electron chi connectivity index (χ3n) is 3.97. The first kappa shape index (κ1) is 13.8. The van der Waals surface area contributed by atoms with Gasteiger partial charge >= 0.3 is 0 Å². The van der Waals surface area contributed by atoms with Gasteiger partial charge in [0.1, 0.15) is 5.69 Å². The van der Waals surface area contributed by atoms with Crippen LogP contribution in [-0.2, 0) is 0 Å². The van der Waals surface area contributed by atoms with E-state index in [4.69, 9.17) is 0 Å². The van der Waals surface area contributed by atoms with Crippen LogP contribution in [0.2, 0.25) is 0 Å². The van der Waals surface area contributed by atoms with E-state index in [1.807, 2.05) is 13.0 Å². The smallest absolute Gasteiger partial charge is 0.292 e. The molecular weight excluding hydrogens is 240 g/mol. The van der Waals surface area contributed by atoms with Crippen molar-refractivity contribution in [2.75, 3.05) is 11.9 Å². The van der Waals surface area contributed by atoms with Crippen molar-refractivity contribution in [3.63, 3.8) is 0 Å². The van der Waals surface area contributed by atoms with Gasteiger partial charge in [-0.25, -0.2) is 0 Å². The number of hydrogen-bond acceptors (Lipinski definition) is 3. The van der Waals surface area contributed by atoms with Gasteiger partial charge in [0.2, 0.25) is 0 Å². The van der Waals surface area contributed by atoms with E-state index in [9.17, 15) is 10.1 Å². The topological polar surface area (TPSA) is 55.2 Å². The zero-order valence-electron chi connectivity index (χ0n) is 11.7. The third kappa shape index (κ3) is 3.69. The number of aryl methyl sites for hydroxylation is 1. The Morgan fingerprint density at radius 1 is 1.42 bits per heavy atom. The van der Waals surface area contributed by atoms with Gasteiger partial charge in [0, 0.05) is 12.6 Å². The summed E-state index contributed by atoms with van der Waals surface area (Å²) in [4.78, 5) is 10.7. The van der Waals surface area contributed by atoms with Crippen molar-refractivity contribution in [1.29, 1.82) is 0 Å². The quantitative estimate of drug-likeness (QED) is 0.655. The maximum atomic E-state index is 11.0. The average molecular weight is 262 g/mol. The highest BCUT2D eigenvalue weighted by molar-refractivity contribution is 5.62. The second-order valence-electron chi connectivity index (χ2n) is 5.80. The van der Waals surface area contributed by atoms with E-state index >= 15 is 0 Å². The Labute approximate surface area is 114 Å². The predicted octanol–water partition coefficient (Wildman–Crippen LogP) is 4.14. The minimum atomic E-state index is -0.314. The van der Waals surface area contributed by atoms with E-state index in [0.29, 0.717) is 11.6 Å². The molecule has 4 heteroatoms. The van der Waals surface area contributed by atoms with Gasteiger partial charge in [0.15, 0.2) is 0 Å². The first-order valence-corrected chi connectivity index (χ1v) is 7.05. The second kappa shape index (κ2) is 6.04.